The Morgan fingerprint density at radius 2 is 2.15 bits per heavy atom. The summed E-state index contributed by atoms with van der Waals surface area (Å²) in [7, 11) is 0. The Morgan fingerprint density at radius 1 is 1.30 bits per heavy atom. The van der Waals surface area contributed by atoms with E-state index in [1.54, 1.807) is 23.9 Å². The second-order valence-corrected chi connectivity index (χ2v) is 5.84. The minimum Gasteiger partial charge on any atom is -0.338 e. The third kappa shape index (κ3) is 3.37. The van der Waals surface area contributed by atoms with Gasteiger partial charge in [0, 0.05) is 4.90 Å². The van der Waals surface area contributed by atoms with E-state index in [1.165, 1.54) is 25.0 Å². The molecule has 1 aliphatic heterocycles. The van der Waals surface area contributed by atoms with Crippen LogP contribution in [0.1, 0.15) is 37.0 Å². The lowest BCUT2D eigenvalue weighted by atomic mass is 10.1. The maximum Gasteiger partial charge on any atom is 0.243 e. The minimum atomic E-state index is -0.223. The van der Waals surface area contributed by atoms with E-state index >= 15 is 0 Å². The number of piperidine rings is 1. The molecule has 0 aliphatic carbocycles. The van der Waals surface area contributed by atoms with Crippen LogP contribution in [0.3, 0.4) is 0 Å². The van der Waals surface area contributed by atoms with Gasteiger partial charge >= 0.3 is 0 Å². The summed E-state index contributed by atoms with van der Waals surface area (Å²) in [5, 5.41) is 7.39. The molecule has 1 saturated heterocycles. The van der Waals surface area contributed by atoms with E-state index in [0.717, 1.165) is 17.9 Å². The van der Waals surface area contributed by atoms with Crippen LogP contribution >= 0.6 is 11.8 Å². The van der Waals surface area contributed by atoms with Gasteiger partial charge in [-0.1, -0.05) is 11.6 Å². The Labute approximate surface area is 121 Å². The van der Waals surface area contributed by atoms with E-state index < -0.39 is 0 Å². The molecule has 1 N–H and O–H groups in total. The molecule has 1 aliphatic rings. The summed E-state index contributed by atoms with van der Waals surface area (Å²) >= 11 is 1.57. The molecule has 0 amide bonds. The average molecular weight is 293 g/mol. The summed E-state index contributed by atoms with van der Waals surface area (Å²) in [5.41, 5.74) is 0. The molecule has 1 fully saturated rings. The fraction of sp³-hybridized carbons (Fsp3) is 0.429. The Morgan fingerprint density at radius 3 is 2.90 bits per heavy atom. The van der Waals surface area contributed by atoms with E-state index in [4.69, 9.17) is 4.52 Å². The fourth-order valence-electron chi connectivity index (χ4n) is 2.21. The van der Waals surface area contributed by atoms with Gasteiger partial charge in [-0.05, 0) is 43.7 Å². The van der Waals surface area contributed by atoms with Crippen molar-refractivity contribution in [2.75, 3.05) is 6.54 Å². The van der Waals surface area contributed by atoms with Crippen molar-refractivity contribution < 1.29 is 8.91 Å². The highest BCUT2D eigenvalue weighted by Gasteiger charge is 2.20. The molecule has 0 saturated carbocycles. The van der Waals surface area contributed by atoms with Crippen LogP contribution in [-0.4, -0.2) is 16.7 Å². The highest BCUT2D eigenvalue weighted by Crippen LogP contribution is 2.24. The molecule has 3 rings (SSSR count). The Kier molecular flexibility index (Phi) is 4.32. The normalized spacial score (nSPS) is 19.1. The summed E-state index contributed by atoms with van der Waals surface area (Å²) in [6, 6.07) is 6.61. The summed E-state index contributed by atoms with van der Waals surface area (Å²) in [6.07, 6.45) is 3.45. The molecule has 0 radical (unpaired) electrons. The maximum atomic E-state index is 12.8. The van der Waals surface area contributed by atoms with Gasteiger partial charge in [0.1, 0.15) is 5.82 Å². The Hall–Kier alpha value is -1.40. The zero-order chi connectivity index (χ0) is 13.8. The molecule has 4 nitrogen and oxygen atoms in total. The maximum absolute atomic E-state index is 12.8. The second-order valence-electron chi connectivity index (χ2n) is 4.79. The number of nitrogens with one attached hydrogen (secondary N) is 1. The van der Waals surface area contributed by atoms with E-state index in [2.05, 4.69) is 15.5 Å². The molecular weight excluding hydrogens is 277 g/mol. The number of hydrogen-bond acceptors (Lipinski definition) is 5. The quantitative estimate of drug-likeness (QED) is 0.876. The lowest BCUT2D eigenvalue weighted by Crippen LogP contribution is -2.26. The topological polar surface area (TPSA) is 51.0 Å². The van der Waals surface area contributed by atoms with Crippen molar-refractivity contribution in [1.29, 1.82) is 0 Å². The minimum absolute atomic E-state index is 0.195. The molecular formula is C14H16FN3OS. The lowest BCUT2D eigenvalue weighted by molar-refractivity contribution is 0.296. The molecule has 2 heterocycles. The van der Waals surface area contributed by atoms with Crippen LogP contribution in [0, 0.1) is 5.82 Å². The predicted octanol–water partition coefficient (Wildman–Crippen LogP) is 3.32. The first-order valence-corrected chi connectivity index (χ1v) is 7.74. The number of halogens is 1. The van der Waals surface area contributed by atoms with Crippen molar-refractivity contribution in [2.45, 2.75) is 36.0 Å². The van der Waals surface area contributed by atoms with Crippen LogP contribution in [0.15, 0.2) is 33.7 Å². The number of thioether (sulfide) groups is 1. The van der Waals surface area contributed by atoms with Crippen molar-refractivity contribution in [1.82, 2.24) is 15.5 Å². The Bertz CT molecular complexity index is 552. The van der Waals surface area contributed by atoms with E-state index in [1.807, 2.05) is 0 Å². The van der Waals surface area contributed by atoms with E-state index in [0.29, 0.717) is 17.5 Å². The monoisotopic (exact) mass is 293 g/mol. The molecule has 2 aromatic rings. The predicted molar refractivity (Wildman–Crippen MR) is 74.9 cm³/mol. The van der Waals surface area contributed by atoms with Gasteiger partial charge in [-0.25, -0.2) is 4.39 Å². The number of hydrogen-bond donors (Lipinski definition) is 1. The smallest absolute Gasteiger partial charge is 0.243 e. The first kappa shape index (κ1) is 13.6. The lowest BCUT2D eigenvalue weighted by Gasteiger charge is -2.19. The molecule has 20 heavy (non-hydrogen) atoms. The van der Waals surface area contributed by atoms with Crippen LogP contribution < -0.4 is 5.32 Å². The van der Waals surface area contributed by atoms with Gasteiger partial charge in [0.15, 0.2) is 5.82 Å². The van der Waals surface area contributed by atoms with Gasteiger partial charge in [-0.3, -0.25) is 0 Å². The molecule has 106 valence electrons. The Balaban J connectivity index is 1.58. The third-order valence-corrected chi connectivity index (χ3v) is 4.28. The van der Waals surface area contributed by atoms with Gasteiger partial charge in [-0.15, -0.1) is 11.8 Å². The number of benzene rings is 1. The van der Waals surface area contributed by atoms with Crippen LogP contribution in [0.4, 0.5) is 4.39 Å². The zero-order valence-electron chi connectivity index (χ0n) is 11.0. The summed E-state index contributed by atoms with van der Waals surface area (Å²) in [4.78, 5) is 5.43. The van der Waals surface area contributed by atoms with Crippen molar-refractivity contribution in [2.24, 2.45) is 0 Å². The van der Waals surface area contributed by atoms with E-state index in [9.17, 15) is 4.39 Å². The summed E-state index contributed by atoms with van der Waals surface area (Å²) < 4.78 is 18.1. The van der Waals surface area contributed by atoms with Crippen molar-refractivity contribution in [3.05, 3.63) is 41.8 Å². The van der Waals surface area contributed by atoms with Crippen LogP contribution in [0.2, 0.25) is 0 Å². The van der Waals surface area contributed by atoms with Crippen molar-refractivity contribution >= 4 is 11.8 Å². The highest BCUT2D eigenvalue weighted by atomic mass is 32.2. The van der Waals surface area contributed by atoms with Gasteiger partial charge in [0.05, 0.1) is 11.8 Å². The number of aromatic nitrogens is 2. The summed E-state index contributed by atoms with van der Waals surface area (Å²) in [6.45, 7) is 1.01. The highest BCUT2D eigenvalue weighted by molar-refractivity contribution is 7.98. The van der Waals surface area contributed by atoms with Gasteiger partial charge in [0.25, 0.3) is 0 Å². The first-order chi connectivity index (χ1) is 9.81. The molecule has 0 bridgehead atoms. The molecule has 1 aromatic carbocycles. The molecule has 0 spiro atoms. The van der Waals surface area contributed by atoms with Gasteiger partial charge in [0.2, 0.25) is 5.89 Å². The zero-order valence-corrected chi connectivity index (χ0v) is 11.8. The number of nitrogens with zero attached hydrogens (tertiary/aromatic N) is 2. The van der Waals surface area contributed by atoms with Crippen LogP contribution in [0.25, 0.3) is 0 Å². The average Bonchev–Trinajstić information content (AvgIpc) is 2.97. The van der Waals surface area contributed by atoms with Crippen LogP contribution in [-0.2, 0) is 5.75 Å². The third-order valence-electron chi connectivity index (χ3n) is 3.27. The SMILES string of the molecule is Fc1ccc(SCc2noc(C3CCCCN3)n2)cc1. The summed E-state index contributed by atoms with van der Waals surface area (Å²) in [5.74, 6) is 1.77. The van der Waals surface area contributed by atoms with Crippen molar-refractivity contribution in [3.63, 3.8) is 0 Å². The van der Waals surface area contributed by atoms with Gasteiger partial charge < -0.3 is 9.84 Å². The molecule has 1 atom stereocenters. The fourth-order valence-corrected chi connectivity index (χ4v) is 2.95. The van der Waals surface area contributed by atoms with Crippen LogP contribution in [0.5, 0.6) is 0 Å². The first-order valence-electron chi connectivity index (χ1n) is 6.75. The molecule has 1 aromatic heterocycles. The second kappa shape index (κ2) is 6.37. The van der Waals surface area contributed by atoms with E-state index in [-0.39, 0.29) is 11.9 Å². The largest absolute Gasteiger partial charge is 0.338 e. The standard InChI is InChI=1S/C14H16FN3OS/c15-10-4-6-11(7-5-10)20-9-13-17-14(19-18-13)12-3-1-2-8-16-12/h4-7,12,16H,1-3,8-9H2. The molecule has 6 heteroatoms. The van der Waals surface area contributed by atoms with Crippen molar-refractivity contribution in [3.8, 4) is 0 Å². The molecule has 1 unspecified atom stereocenters. The number of rotatable bonds is 4. The van der Waals surface area contributed by atoms with Gasteiger partial charge in [-0.2, -0.15) is 4.98 Å².